The second kappa shape index (κ2) is 6.64. The summed E-state index contributed by atoms with van der Waals surface area (Å²) in [6.07, 6.45) is 0. The molecule has 2 heterocycles. The Kier molecular flexibility index (Phi) is 4.34. The van der Waals surface area contributed by atoms with Crippen LogP contribution in [0.3, 0.4) is 0 Å². The Hall–Kier alpha value is -2.14. The first-order valence-electron chi connectivity index (χ1n) is 7.66. The molecule has 0 fully saturated rings. The second-order valence-electron chi connectivity index (χ2n) is 5.59. The highest BCUT2D eigenvalue weighted by Gasteiger charge is 2.13. The molecular weight excluding hydrogens is 373 g/mol. The Morgan fingerprint density at radius 3 is 2.56 bits per heavy atom. The maximum absolute atomic E-state index is 6.30. The average molecular weight is 386 g/mol. The number of nitrogens with one attached hydrogen (secondary N) is 1. The number of hydrogen-bond acceptors (Lipinski definition) is 4. The maximum atomic E-state index is 6.30. The fourth-order valence-corrected chi connectivity index (χ4v) is 3.79. The molecule has 0 aliphatic rings. The Balaban J connectivity index is 1.88. The minimum Gasteiger partial charge on any atom is -0.338 e. The molecule has 1 N–H and O–H groups in total. The molecular formula is C19H13Cl2N3S. The van der Waals surface area contributed by atoms with Gasteiger partial charge in [0.2, 0.25) is 0 Å². The number of anilines is 2. The summed E-state index contributed by atoms with van der Waals surface area (Å²) >= 11 is 14.0. The average Bonchev–Trinajstić information content (AvgIpc) is 2.99. The molecule has 0 aliphatic carbocycles. The zero-order valence-corrected chi connectivity index (χ0v) is 15.6. The molecule has 2 aromatic carbocycles. The Morgan fingerprint density at radius 1 is 0.960 bits per heavy atom. The molecule has 124 valence electrons. The predicted molar refractivity (Wildman–Crippen MR) is 107 cm³/mol. The SMILES string of the molecule is Cc1cc2c(Nc3cc(Cl)ccc3Cl)nc(-c3ccccc3)nc2s1. The van der Waals surface area contributed by atoms with Crippen LogP contribution in [-0.2, 0) is 0 Å². The van der Waals surface area contributed by atoms with E-state index in [0.29, 0.717) is 15.9 Å². The summed E-state index contributed by atoms with van der Waals surface area (Å²) in [7, 11) is 0. The van der Waals surface area contributed by atoms with Gasteiger partial charge in [-0.2, -0.15) is 0 Å². The van der Waals surface area contributed by atoms with Gasteiger partial charge in [0.1, 0.15) is 10.6 Å². The third-order valence-electron chi connectivity index (χ3n) is 3.73. The molecule has 0 atom stereocenters. The molecule has 0 spiro atoms. The fraction of sp³-hybridized carbons (Fsp3) is 0.0526. The van der Waals surface area contributed by atoms with Crippen LogP contribution in [0.2, 0.25) is 10.0 Å². The van der Waals surface area contributed by atoms with Crippen molar-refractivity contribution in [1.82, 2.24) is 9.97 Å². The summed E-state index contributed by atoms with van der Waals surface area (Å²) in [6, 6.07) is 17.3. The van der Waals surface area contributed by atoms with Crippen LogP contribution in [0.25, 0.3) is 21.6 Å². The van der Waals surface area contributed by atoms with E-state index in [4.69, 9.17) is 33.2 Å². The van der Waals surface area contributed by atoms with E-state index in [1.807, 2.05) is 30.3 Å². The Bertz CT molecular complexity index is 1060. The van der Waals surface area contributed by atoms with E-state index in [2.05, 4.69) is 18.3 Å². The summed E-state index contributed by atoms with van der Waals surface area (Å²) in [6.45, 7) is 2.06. The van der Waals surface area contributed by atoms with E-state index >= 15 is 0 Å². The van der Waals surface area contributed by atoms with Crippen LogP contribution < -0.4 is 5.32 Å². The maximum Gasteiger partial charge on any atom is 0.163 e. The smallest absolute Gasteiger partial charge is 0.163 e. The van der Waals surface area contributed by atoms with Gasteiger partial charge in [0.25, 0.3) is 0 Å². The van der Waals surface area contributed by atoms with Crippen LogP contribution in [0.15, 0.2) is 54.6 Å². The van der Waals surface area contributed by atoms with Crippen LogP contribution in [0, 0.1) is 6.92 Å². The van der Waals surface area contributed by atoms with Crippen LogP contribution in [0.4, 0.5) is 11.5 Å². The van der Waals surface area contributed by atoms with Crippen molar-refractivity contribution in [3.63, 3.8) is 0 Å². The van der Waals surface area contributed by atoms with Crippen molar-refractivity contribution in [2.45, 2.75) is 6.92 Å². The first kappa shape index (κ1) is 16.3. The number of fused-ring (bicyclic) bond motifs is 1. The fourth-order valence-electron chi connectivity index (χ4n) is 2.57. The van der Waals surface area contributed by atoms with Gasteiger partial charge in [0, 0.05) is 15.5 Å². The molecule has 4 aromatic rings. The molecule has 0 amide bonds. The molecule has 0 bridgehead atoms. The van der Waals surface area contributed by atoms with Crippen LogP contribution in [-0.4, -0.2) is 9.97 Å². The standard InChI is InChI=1S/C19H13Cl2N3S/c1-11-9-14-18(22-16-10-13(20)7-8-15(16)21)23-17(24-19(14)25-11)12-5-3-2-4-6-12/h2-10H,1H3,(H,22,23,24). The topological polar surface area (TPSA) is 37.8 Å². The van der Waals surface area contributed by atoms with Gasteiger partial charge in [0.15, 0.2) is 5.82 Å². The van der Waals surface area contributed by atoms with Crippen LogP contribution in [0.5, 0.6) is 0 Å². The number of aromatic nitrogens is 2. The van der Waals surface area contributed by atoms with Gasteiger partial charge < -0.3 is 5.32 Å². The molecule has 0 radical (unpaired) electrons. The van der Waals surface area contributed by atoms with Gasteiger partial charge in [-0.25, -0.2) is 9.97 Å². The van der Waals surface area contributed by atoms with Gasteiger partial charge in [-0.15, -0.1) is 11.3 Å². The Morgan fingerprint density at radius 2 is 1.76 bits per heavy atom. The van der Waals surface area contributed by atoms with Crippen molar-refractivity contribution in [3.8, 4) is 11.4 Å². The van der Waals surface area contributed by atoms with E-state index in [1.165, 1.54) is 4.88 Å². The van der Waals surface area contributed by atoms with Gasteiger partial charge in [0.05, 0.1) is 16.1 Å². The second-order valence-corrected chi connectivity index (χ2v) is 7.67. The number of halogens is 2. The van der Waals surface area contributed by atoms with E-state index < -0.39 is 0 Å². The van der Waals surface area contributed by atoms with Crippen molar-refractivity contribution in [2.75, 3.05) is 5.32 Å². The number of aryl methyl sites for hydroxylation is 1. The predicted octanol–water partition coefficient (Wildman–Crippen LogP) is 6.72. The third kappa shape index (κ3) is 3.33. The molecule has 25 heavy (non-hydrogen) atoms. The Labute approximate surface area is 159 Å². The molecule has 0 saturated heterocycles. The molecule has 2 aromatic heterocycles. The molecule has 0 unspecified atom stereocenters. The largest absolute Gasteiger partial charge is 0.338 e. The summed E-state index contributed by atoms with van der Waals surface area (Å²) < 4.78 is 0. The number of thiophene rings is 1. The number of hydrogen-bond donors (Lipinski definition) is 1. The molecule has 6 heteroatoms. The number of rotatable bonds is 3. The zero-order valence-electron chi connectivity index (χ0n) is 13.3. The lowest BCUT2D eigenvalue weighted by Crippen LogP contribution is -1.98. The van der Waals surface area contributed by atoms with Crippen LogP contribution >= 0.6 is 34.5 Å². The molecule has 4 rings (SSSR count). The van der Waals surface area contributed by atoms with Crippen molar-refractivity contribution in [2.24, 2.45) is 0 Å². The van der Waals surface area contributed by atoms with Gasteiger partial charge in [-0.3, -0.25) is 0 Å². The summed E-state index contributed by atoms with van der Waals surface area (Å²) in [5.41, 5.74) is 1.69. The lowest BCUT2D eigenvalue weighted by Gasteiger charge is -2.11. The number of benzene rings is 2. The van der Waals surface area contributed by atoms with Gasteiger partial charge in [-0.1, -0.05) is 53.5 Å². The van der Waals surface area contributed by atoms with Gasteiger partial charge in [-0.05, 0) is 31.2 Å². The minimum absolute atomic E-state index is 0.587. The molecule has 3 nitrogen and oxygen atoms in total. The quantitative estimate of drug-likeness (QED) is 0.425. The van der Waals surface area contributed by atoms with Crippen LogP contribution in [0.1, 0.15) is 4.88 Å². The van der Waals surface area contributed by atoms with Crippen molar-refractivity contribution < 1.29 is 0 Å². The minimum atomic E-state index is 0.587. The van der Waals surface area contributed by atoms with E-state index in [0.717, 1.165) is 27.3 Å². The third-order valence-corrected chi connectivity index (χ3v) is 5.24. The van der Waals surface area contributed by atoms with E-state index in [1.54, 1.807) is 29.5 Å². The zero-order chi connectivity index (χ0) is 17.4. The highest BCUT2D eigenvalue weighted by atomic mass is 35.5. The van der Waals surface area contributed by atoms with Gasteiger partial charge >= 0.3 is 0 Å². The van der Waals surface area contributed by atoms with E-state index in [9.17, 15) is 0 Å². The lowest BCUT2D eigenvalue weighted by molar-refractivity contribution is 1.23. The monoisotopic (exact) mass is 385 g/mol. The summed E-state index contributed by atoms with van der Waals surface area (Å²) in [4.78, 5) is 11.6. The summed E-state index contributed by atoms with van der Waals surface area (Å²) in [5, 5.41) is 5.49. The lowest BCUT2D eigenvalue weighted by atomic mass is 10.2. The van der Waals surface area contributed by atoms with Crippen molar-refractivity contribution >= 4 is 56.3 Å². The number of nitrogens with zero attached hydrogens (tertiary/aromatic N) is 2. The first-order valence-corrected chi connectivity index (χ1v) is 9.23. The van der Waals surface area contributed by atoms with Crippen molar-refractivity contribution in [1.29, 1.82) is 0 Å². The highest BCUT2D eigenvalue weighted by Crippen LogP contribution is 2.34. The normalized spacial score (nSPS) is 11.0. The summed E-state index contributed by atoms with van der Waals surface area (Å²) in [5.74, 6) is 1.40. The van der Waals surface area contributed by atoms with E-state index in [-0.39, 0.29) is 0 Å². The molecule has 0 saturated carbocycles. The molecule has 0 aliphatic heterocycles. The van der Waals surface area contributed by atoms with Crippen molar-refractivity contribution in [3.05, 3.63) is 69.5 Å². The highest BCUT2D eigenvalue weighted by molar-refractivity contribution is 7.18. The first-order chi connectivity index (χ1) is 12.1.